The molecule has 2 aromatic heterocycles. The molecule has 0 atom stereocenters. The van der Waals surface area contributed by atoms with Gasteiger partial charge in [-0.05, 0) is 23.9 Å². The number of hydrogen-bond donors (Lipinski definition) is 1. The van der Waals surface area contributed by atoms with Gasteiger partial charge in [-0.25, -0.2) is 0 Å². The molecule has 0 bridgehead atoms. The smallest absolute Gasteiger partial charge is 0.128 e. The average molecular weight is 255 g/mol. The maximum Gasteiger partial charge on any atom is 0.128 e. The van der Waals surface area contributed by atoms with E-state index in [1.807, 2.05) is 18.4 Å². The highest BCUT2D eigenvalue weighted by Gasteiger charge is 2.16. The molecule has 0 aliphatic rings. The van der Waals surface area contributed by atoms with Gasteiger partial charge in [-0.15, -0.1) is 22.7 Å². The molecule has 0 fully saturated rings. The van der Waals surface area contributed by atoms with Crippen LogP contribution in [0.2, 0.25) is 5.02 Å². The summed E-state index contributed by atoms with van der Waals surface area (Å²) in [6.45, 7) is 1.91. The number of nitrogens with two attached hydrogens (primary N) is 1. The second-order valence-corrected chi connectivity index (χ2v) is 5.35. The minimum atomic E-state index is 0.562. The summed E-state index contributed by atoms with van der Waals surface area (Å²) in [4.78, 5) is 2.56. The first kappa shape index (κ1) is 10.5. The van der Waals surface area contributed by atoms with E-state index < -0.39 is 0 Å². The van der Waals surface area contributed by atoms with Crippen LogP contribution in [0.25, 0.3) is 9.75 Å². The molecule has 0 spiro atoms. The van der Waals surface area contributed by atoms with Gasteiger partial charge < -0.3 is 5.73 Å². The van der Waals surface area contributed by atoms with Gasteiger partial charge >= 0.3 is 0 Å². The molecule has 15 heavy (non-hydrogen) atoms. The number of nitriles is 1. The lowest BCUT2D eigenvalue weighted by molar-refractivity contribution is 1.50. The molecule has 0 amide bonds. The van der Waals surface area contributed by atoms with Gasteiger partial charge in [0.15, 0.2) is 0 Å². The summed E-state index contributed by atoms with van der Waals surface area (Å²) in [5.41, 5.74) is 7.34. The number of thiophene rings is 2. The highest BCUT2D eigenvalue weighted by Crippen LogP contribution is 2.43. The molecule has 76 valence electrons. The average Bonchev–Trinajstić information content (AvgIpc) is 2.74. The Kier molecular flexibility index (Phi) is 2.70. The van der Waals surface area contributed by atoms with Crippen molar-refractivity contribution in [2.45, 2.75) is 6.92 Å². The third-order valence-corrected chi connectivity index (χ3v) is 4.84. The van der Waals surface area contributed by atoms with E-state index in [1.165, 1.54) is 11.3 Å². The van der Waals surface area contributed by atoms with Gasteiger partial charge in [-0.1, -0.05) is 11.6 Å². The zero-order valence-electron chi connectivity index (χ0n) is 7.87. The van der Waals surface area contributed by atoms with Crippen LogP contribution in [0, 0.1) is 18.3 Å². The lowest BCUT2D eigenvalue weighted by Gasteiger charge is -1.96. The van der Waals surface area contributed by atoms with E-state index in [1.54, 1.807) is 11.3 Å². The van der Waals surface area contributed by atoms with E-state index in [4.69, 9.17) is 22.6 Å². The van der Waals surface area contributed by atoms with Crippen molar-refractivity contribution in [3.05, 3.63) is 26.9 Å². The molecule has 0 aliphatic heterocycles. The maximum atomic E-state index is 8.87. The van der Waals surface area contributed by atoms with Crippen LogP contribution in [0.4, 0.5) is 5.69 Å². The molecule has 0 saturated carbocycles. The number of hydrogen-bond acceptors (Lipinski definition) is 4. The first-order chi connectivity index (χ1) is 7.15. The lowest BCUT2D eigenvalue weighted by Crippen LogP contribution is -1.86. The molecular weight excluding hydrogens is 248 g/mol. The van der Waals surface area contributed by atoms with E-state index >= 15 is 0 Å². The van der Waals surface area contributed by atoms with E-state index in [2.05, 4.69) is 6.07 Å². The highest BCUT2D eigenvalue weighted by molar-refractivity contribution is 7.22. The van der Waals surface area contributed by atoms with Gasteiger partial charge in [0.05, 0.1) is 20.5 Å². The summed E-state index contributed by atoms with van der Waals surface area (Å²) in [5, 5.41) is 11.5. The Labute approximate surface area is 101 Å². The first-order valence-corrected chi connectivity index (χ1v) is 6.25. The molecule has 0 aromatic carbocycles. The predicted octanol–water partition coefficient (Wildman–Crippen LogP) is 3.89. The summed E-state index contributed by atoms with van der Waals surface area (Å²) in [5.74, 6) is 0. The SMILES string of the molecule is Cc1c(-c2sccc2Cl)sc(C#N)c1N. The van der Waals surface area contributed by atoms with Crippen molar-refractivity contribution in [3.8, 4) is 15.8 Å². The van der Waals surface area contributed by atoms with Crippen molar-refractivity contribution in [1.82, 2.24) is 0 Å². The van der Waals surface area contributed by atoms with Gasteiger partial charge in [0, 0.05) is 0 Å². The Morgan fingerprint density at radius 2 is 2.20 bits per heavy atom. The van der Waals surface area contributed by atoms with Gasteiger partial charge in [0.2, 0.25) is 0 Å². The first-order valence-electron chi connectivity index (χ1n) is 4.17. The zero-order valence-corrected chi connectivity index (χ0v) is 10.3. The Morgan fingerprint density at radius 3 is 2.67 bits per heavy atom. The normalized spacial score (nSPS) is 10.2. The lowest BCUT2D eigenvalue weighted by atomic mass is 10.2. The standard InChI is InChI=1S/C10H7ClN2S2/c1-5-8(13)7(4-12)15-9(5)10-6(11)2-3-14-10/h2-3H,13H2,1H3. The minimum absolute atomic E-state index is 0.562. The second-order valence-electron chi connectivity index (χ2n) is 3.01. The number of nitrogens with zero attached hydrogens (tertiary/aromatic N) is 1. The fourth-order valence-electron chi connectivity index (χ4n) is 1.28. The summed E-state index contributed by atoms with van der Waals surface area (Å²) in [6.07, 6.45) is 0. The second kappa shape index (κ2) is 3.86. The summed E-state index contributed by atoms with van der Waals surface area (Å²) in [6, 6.07) is 3.94. The van der Waals surface area contributed by atoms with Crippen molar-refractivity contribution < 1.29 is 0 Å². The molecule has 2 nitrogen and oxygen atoms in total. The molecule has 0 unspecified atom stereocenters. The molecular formula is C10H7ClN2S2. The van der Waals surface area contributed by atoms with Crippen LogP contribution in [0.1, 0.15) is 10.4 Å². The van der Waals surface area contributed by atoms with Crippen molar-refractivity contribution >= 4 is 40.0 Å². The van der Waals surface area contributed by atoms with Crippen LogP contribution in [-0.4, -0.2) is 0 Å². The minimum Gasteiger partial charge on any atom is -0.397 e. The number of rotatable bonds is 1. The molecule has 2 rings (SSSR count). The van der Waals surface area contributed by atoms with Gasteiger partial charge in [-0.2, -0.15) is 5.26 Å². The van der Waals surface area contributed by atoms with Gasteiger partial charge in [-0.3, -0.25) is 0 Å². The molecule has 2 N–H and O–H groups in total. The van der Waals surface area contributed by atoms with Crippen molar-refractivity contribution in [1.29, 1.82) is 5.26 Å². The quantitative estimate of drug-likeness (QED) is 0.839. The number of nitrogen functional groups attached to an aromatic ring is 1. The van der Waals surface area contributed by atoms with Crippen LogP contribution < -0.4 is 5.73 Å². The molecule has 5 heteroatoms. The number of anilines is 1. The third-order valence-electron chi connectivity index (χ3n) is 2.12. The Bertz CT molecular complexity index is 548. The molecule has 0 aliphatic carbocycles. The predicted molar refractivity (Wildman–Crippen MR) is 66.5 cm³/mol. The highest BCUT2D eigenvalue weighted by atomic mass is 35.5. The molecule has 0 radical (unpaired) electrons. The number of halogens is 1. The molecule has 2 heterocycles. The summed E-state index contributed by atoms with van der Waals surface area (Å²) >= 11 is 9.01. The van der Waals surface area contributed by atoms with E-state index in [9.17, 15) is 0 Å². The Morgan fingerprint density at radius 1 is 1.47 bits per heavy atom. The zero-order chi connectivity index (χ0) is 11.0. The van der Waals surface area contributed by atoms with Crippen LogP contribution in [0.5, 0.6) is 0 Å². The van der Waals surface area contributed by atoms with Crippen LogP contribution in [0.15, 0.2) is 11.4 Å². The van der Waals surface area contributed by atoms with E-state index in [0.717, 1.165) is 15.3 Å². The topological polar surface area (TPSA) is 49.8 Å². The van der Waals surface area contributed by atoms with Crippen molar-refractivity contribution in [2.24, 2.45) is 0 Å². The molecule has 0 saturated heterocycles. The van der Waals surface area contributed by atoms with E-state index in [0.29, 0.717) is 15.6 Å². The van der Waals surface area contributed by atoms with E-state index in [-0.39, 0.29) is 0 Å². The van der Waals surface area contributed by atoms with Crippen molar-refractivity contribution in [2.75, 3.05) is 5.73 Å². The van der Waals surface area contributed by atoms with Crippen LogP contribution >= 0.6 is 34.3 Å². The monoisotopic (exact) mass is 254 g/mol. The Balaban J connectivity index is 2.66. The summed E-state index contributed by atoms with van der Waals surface area (Å²) < 4.78 is 0. The van der Waals surface area contributed by atoms with Crippen LogP contribution in [-0.2, 0) is 0 Å². The fraction of sp³-hybridized carbons (Fsp3) is 0.100. The summed E-state index contributed by atoms with van der Waals surface area (Å²) in [7, 11) is 0. The molecule has 2 aromatic rings. The van der Waals surface area contributed by atoms with Gasteiger partial charge in [0.1, 0.15) is 10.9 Å². The van der Waals surface area contributed by atoms with Gasteiger partial charge in [0.25, 0.3) is 0 Å². The largest absolute Gasteiger partial charge is 0.397 e. The van der Waals surface area contributed by atoms with Crippen LogP contribution in [0.3, 0.4) is 0 Å². The van der Waals surface area contributed by atoms with Crippen molar-refractivity contribution in [3.63, 3.8) is 0 Å². The maximum absolute atomic E-state index is 8.87. The fourth-order valence-corrected chi connectivity index (χ4v) is 3.73. The third kappa shape index (κ3) is 1.63. The Hall–Kier alpha value is -1.02.